The maximum atomic E-state index is 13.5. The zero-order valence-electron chi connectivity index (χ0n) is 20.4. The topological polar surface area (TPSA) is 81.8 Å². The number of carbonyl (C=O) groups is 3. The maximum absolute atomic E-state index is 13.5. The largest absolute Gasteiger partial charge is 0.332 e. The van der Waals surface area contributed by atoms with Crippen molar-refractivity contribution < 1.29 is 14.4 Å². The molecule has 2 aromatic rings. The number of benzene rings is 2. The molecule has 2 aromatic carbocycles. The fourth-order valence-electron chi connectivity index (χ4n) is 4.10. The van der Waals surface area contributed by atoms with Crippen molar-refractivity contribution >= 4 is 29.9 Å². The molecular formula is C27H34N4O3. The van der Waals surface area contributed by atoms with E-state index in [2.05, 4.69) is 41.1 Å². The Hall–Kier alpha value is -3.45. The van der Waals surface area contributed by atoms with Crippen LogP contribution in [0.2, 0.25) is 0 Å². The van der Waals surface area contributed by atoms with E-state index in [0.29, 0.717) is 12.8 Å². The Balaban J connectivity index is 1.81. The smallest absolute Gasteiger partial charge is 0.261 e. The molecular weight excluding hydrogens is 428 g/mol. The minimum Gasteiger partial charge on any atom is -0.332 e. The van der Waals surface area contributed by atoms with Gasteiger partial charge < -0.3 is 10.2 Å². The molecule has 0 aromatic heterocycles. The summed E-state index contributed by atoms with van der Waals surface area (Å²) in [6.45, 7) is 1.37. The lowest BCUT2D eigenvalue weighted by atomic mass is 9.99. The zero-order valence-corrected chi connectivity index (χ0v) is 20.4. The number of hydrogen-bond donors (Lipinski definition) is 2. The summed E-state index contributed by atoms with van der Waals surface area (Å²) in [6.07, 6.45) is 7.39. The van der Waals surface area contributed by atoms with Crippen LogP contribution in [-0.2, 0) is 27.2 Å². The molecule has 3 amide bonds. The summed E-state index contributed by atoms with van der Waals surface area (Å²) >= 11 is 0. The third-order valence-electron chi connectivity index (χ3n) is 6.27. The van der Waals surface area contributed by atoms with E-state index >= 15 is 0 Å². The number of hydrazine groups is 1. The first-order valence-corrected chi connectivity index (χ1v) is 11.6. The molecule has 0 spiro atoms. The van der Waals surface area contributed by atoms with Gasteiger partial charge in [0.2, 0.25) is 11.8 Å². The van der Waals surface area contributed by atoms with Gasteiger partial charge >= 0.3 is 0 Å². The molecule has 0 bridgehead atoms. The fourth-order valence-corrected chi connectivity index (χ4v) is 4.10. The van der Waals surface area contributed by atoms with E-state index in [4.69, 9.17) is 0 Å². The van der Waals surface area contributed by atoms with Crippen LogP contribution in [0, 0.1) is 0 Å². The Morgan fingerprint density at radius 3 is 2.24 bits per heavy atom. The van der Waals surface area contributed by atoms with Gasteiger partial charge in [-0.15, -0.1) is 0 Å². The number of carbonyl (C=O) groups excluding carboxylic acids is 3. The molecule has 0 saturated carbocycles. The quantitative estimate of drug-likeness (QED) is 0.568. The molecule has 2 atom stereocenters. The highest BCUT2D eigenvalue weighted by atomic mass is 16.2. The first kappa shape index (κ1) is 25.2. The molecule has 0 unspecified atom stereocenters. The van der Waals surface area contributed by atoms with Crippen LogP contribution in [0.1, 0.15) is 30.9 Å². The highest BCUT2D eigenvalue weighted by Crippen LogP contribution is 2.12. The maximum Gasteiger partial charge on any atom is 0.261 e. The van der Waals surface area contributed by atoms with Crippen LogP contribution in [0.3, 0.4) is 0 Å². The van der Waals surface area contributed by atoms with E-state index in [1.807, 2.05) is 30.3 Å². The van der Waals surface area contributed by atoms with Crippen LogP contribution in [0.5, 0.6) is 0 Å². The average Bonchev–Trinajstić information content (AvgIpc) is 2.85. The van der Waals surface area contributed by atoms with Gasteiger partial charge in [-0.3, -0.25) is 24.8 Å². The molecule has 1 aliphatic carbocycles. The van der Waals surface area contributed by atoms with Gasteiger partial charge in [-0.1, -0.05) is 60.7 Å². The van der Waals surface area contributed by atoms with Crippen LogP contribution in [0.15, 0.2) is 48.5 Å². The average molecular weight is 463 g/mol. The molecule has 0 heterocycles. The number of likely N-dealkylation sites (N-methyl/N-ethyl adjacent to an activating group) is 2. The molecule has 0 fully saturated rings. The van der Waals surface area contributed by atoms with Crippen molar-refractivity contribution in [2.24, 2.45) is 0 Å². The third-order valence-corrected chi connectivity index (χ3v) is 6.27. The lowest BCUT2D eigenvalue weighted by Crippen LogP contribution is -2.57. The van der Waals surface area contributed by atoms with Crippen LogP contribution in [-0.4, -0.2) is 60.9 Å². The summed E-state index contributed by atoms with van der Waals surface area (Å²) in [7, 11) is 4.89. The highest BCUT2D eigenvalue weighted by Gasteiger charge is 2.31. The molecule has 0 aliphatic heterocycles. The molecule has 3 rings (SSSR count). The lowest BCUT2D eigenvalue weighted by molar-refractivity contribution is -0.145. The van der Waals surface area contributed by atoms with Gasteiger partial charge in [-0.25, -0.2) is 0 Å². The van der Waals surface area contributed by atoms with Crippen molar-refractivity contribution in [2.75, 3.05) is 21.1 Å². The first-order chi connectivity index (χ1) is 16.3. The van der Waals surface area contributed by atoms with Crippen LogP contribution < -0.4 is 21.2 Å². The number of fused-ring (bicyclic) bond motifs is 1. The van der Waals surface area contributed by atoms with E-state index in [1.165, 1.54) is 29.3 Å². The monoisotopic (exact) mass is 462 g/mol. The fraction of sp³-hybridized carbons (Fsp3) is 0.370. The van der Waals surface area contributed by atoms with Crippen LogP contribution >= 0.6 is 0 Å². The van der Waals surface area contributed by atoms with Gasteiger partial charge in [-0.2, -0.15) is 0 Å². The number of hydrogen-bond acceptors (Lipinski definition) is 4. The molecule has 2 N–H and O–H groups in total. The Morgan fingerprint density at radius 2 is 1.59 bits per heavy atom. The molecule has 1 aliphatic rings. The van der Waals surface area contributed by atoms with Crippen LogP contribution in [0.25, 0.3) is 12.2 Å². The summed E-state index contributed by atoms with van der Waals surface area (Å²) in [5.41, 5.74) is 4.59. The number of nitrogens with zero attached hydrogens (tertiary/aromatic N) is 2. The Morgan fingerprint density at radius 1 is 0.912 bits per heavy atom. The predicted octanol–water partition coefficient (Wildman–Crippen LogP) is 0.751. The molecule has 7 nitrogen and oxygen atoms in total. The van der Waals surface area contributed by atoms with Crippen molar-refractivity contribution in [1.29, 1.82) is 0 Å². The molecule has 7 heteroatoms. The van der Waals surface area contributed by atoms with Gasteiger partial charge in [0, 0.05) is 27.4 Å². The molecule has 180 valence electrons. The van der Waals surface area contributed by atoms with Gasteiger partial charge in [0.1, 0.15) is 6.04 Å². The summed E-state index contributed by atoms with van der Waals surface area (Å²) in [5.74, 6) is -0.890. The van der Waals surface area contributed by atoms with Crippen LogP contribution in [0.4, 0.5) is 0 Å². The Labute approximate surface area is 201 Å². The second kappa shape index (κ2) is 11.6. The van der Waals surface area contributed by atoms with Crippen molar-refractivity contribution in [3.8, 4) is 0 Å². The summed E-state index contributed by atoms with van der Waals surface area (Å²) in [4.78, 5) is 39.7. The number of rotatable bonds is 8. The van der Waals surface area contributed by atoms with E-state index < -0.39 is 18.0 Å². The minimum atomic E-state index is -0.779. The summed E-state index contributed by atoms with van der Waals surface area (Å²) < 4.78 is 0. The SMILES string of the molecule is CN[C@H](Cc1ccc2c(c1)=CCCC=2)C(=O)N(C)[C@H](Cc1ccccc1)C(=O)NN(C)C(C)=O. The Bertz CT molecular complexity index is 1150. The van der Waals surface area contributed by atoms with Gasteiger partial charge in [0.05, 0.1) is 6.04 Å². The van der Waals surface area contributed by atoms with E-state index in [0.717, 1.165) is 29.0 Å². The lowest BCUT2D eigenvalue weighted by Gasteiger charge is -2.32. The van der Waals surface area contributed by atoms with Crippen molar-refractivity contribution in [3.63, 3.8) is 0 Å². The number of amides is 3. The molecule has 0 radical (unpaired) electrons. The van der Waals surface area contributed by atoms with Crippen molar-refractivity contribution in [2.45, 2.75) is 44.7 Å². The molecule has 0 saturated heterocycles. The van der Waals surface area contributed by atoms with Gasteiger partial charge in [0.25, 0.3) is 5.91 Å². The number of nitrogens with one attached hydrogen (secondary N) is 2. The highest BCUT2D eigenvalue weighted by molar-refractivity contribution is 5.91. The van der Waals surface area contributed by atoms with E-state index in [1.54, 1.807) is 14.1 Å². The predicted molar refractivity (Wildman–Crippen MR) is 134 cm³/mol. The van der Waals surface area contributed by atoms with Crippen molar-refractivity contribution in [1.82, 2.24) is 20.7 Å². The zero-order chi connectivity index (χ0) is 24.7. The second-order valence-electron chi connectivity index (χ2n) is 8.70. The van der Waals surface area contributed by atoms with Gasteiger partial charge in [0.15, 0.2) is 0 Å². The van der Waals surface area contributed by atoms with Gasteiger partial charge in [-0.05, 0) is 47.9 Å². The minimum absolute atomic E-state index is 0.183. The van der Waals surface area contributed by atoms with Crippen molar-refractivity contribution in [3.05, 3.63) is 70.1 Å². The van der Waals surface area contributed by atoms with E-state index in [-0.39, 0.29) is 11.8 Å². The normalized spacial score (nSPS) is 14.0. The molecule has 34 heavy (non-hydrogen) atoms. The second-order valence-corrected chi connectivity index (χ2v) is 8.70. The Kier molecular flexibility index (Phi) is 8.60. The standard InChI is InChI=1S/C27H34N4O3/c1-19(32)31(4)29-26(33)25(18-20-10-6-5-7-11-20)30(3)27(34)24(28-2)17-21-14-15-22-12-8-9-13-23(22)16-21/h5-7,10-16,24-25,28H,8-9,17-18H2,1-4H3,(H,29,33)/t24-,25-/m1/s1. The third kappa shape index (κ3) is 6.32. The first-order valence-electron chi connectivity index (χ1n) is 11.6. The summed E-state index contributed by atoms with van der Waals surface area (Å²) in [6, 6.07) is 14.6. The summed E-state index contributed by atoms with van der Waals surface area (Å²) in [5, 5.41) is 6.69. The van der Waals surface area contributed by atoms with E-state index in [9.17, 15) is 14.4 Å².